The fourth-order valence-electron chi connectivity index (χ4n) is 0.897. The largest absolute Gasteiger partial charge is 0.435 e. The molecule has 1 aromatic heterocycles. The summed E-state index contributed by atoms with van der Waals surface area (Å²) < 4.78 is 36.4. The van der Waals surface area contributed by atoms with E-state index in [0.29, 0.717) is 0 Å². The summed E-state index contributed by atoms with van der Waals surface area (Å²) in [7, 11) is 0. The van der Waals surface area contributed by atoms with E-state index in [0.717, 1.165) is 0 Å². The van der Waals surface area contributed by atoms with Gasteiger partial charge in [0.05, 0.1) is 6.20 Å². The van der Waals surface area contributed by atoms with E-state index in [1.165, 1.54) is 0 Å². The van der Waals surface area contributed by atoms with Crippen molar-refractivity contribution in [2.24, 2.45) is 0 Å². The van der Waals surface area contributed by atoms with E-state index in [2.05, 4.69) is 16.4 Å². The molecule has 12 heavy (non-hydrogen) atoms. The summed E-state index contributed by atoms with van der Waals surface area (Å²) >= 11 is 0. The first-order chi connectivity index (χ1) is 5.43. The van der Waals surface area contributed by atoms with Gasteiger partial charge in [-0.25, -0.2) is 0 Å². The second-order valence-electron chi connectivity index (χ2n) is 2.76. The van der Waals surface area contributed by atoms with Gasteiger partial charge in [-0.1, -0.05) is 13.8 Å². The third-order valence-electron chi connectivity index (χ3n) is 1.46. The molecule has 5 heteroatoms. The molecule has 0 aromatic carbocycles. The molecule has 0 atom stereocenters. The number of halogens is 3. The summed E-state index contributed by atoms with van der Waals surface area (Å²) in [5.41, 5.74) is -0.778. The molecule has 0 aliphatic rings. The summed E-state index contributed by atoms with van der Waals surface area (Å²) in [5, 5.41) is 5.19. The van der Waals surface area contributed by atoms with Gasteiger partial charge in [0.2, 0.25) is 0 Å². The van der Waals surface area contributed by atoms with Crippen LogP contribution in [0.1, 0.15) is 31.0 Å². The van der Waals surface area contributed by atoms with E-state index >= 15 is 0 Å². The SMILES string of the molecule is CC(C)c1[c][nH]nc1C(F)(F)F. The number of hydrogen-bond acceptors (Lipinski definition) is 1. The number of rotatable bonds is 1. The normalized spacial score (nSPS) is 12.5. The topological polar surface area (TPSA) is 28.7 Å². The summed E-state index contributed by atoms with van der Waals surface area (Å²) in [5.74, 6) is -0.222. The van der Waals surface area contributed by atoms with Gasteiger partial charge in [-0.3, -0.25) is 5.10 Å². The molecule has 1 N–H and O–H groups in total. The molecule has 0 aliphatic heterocycles. The van der Waals surface area contributed by atoms with Crippen LogP contribution in [0.3, 0.4) is 0 Å². The number of aromatic nitrogens is 2. The standard InChI is InChI=1S/C7H8F3N2/c1-4(2)5-3-11-12-6(5)7(8,9)10/h4H,1-2H3,(H,11,12). The zero-order valence-electron chi connectivity index (χ0n) is 6.66. The highest BCUT2D eigenvalue weighted by atomic mass is 19.4. The molecule has 1 heterocycles. The molecule has 0 saturated heterocycles. The van der Waals surface area contributed by atoms with Crippen LogP contribution in [-0.4, -0.2) is 10.2 Å². The quantitative estimate of drug-likeness (QED) is 0.700. The van der Waals surface area contributed by atoms with Gasteiger partial charge in [0.1, 0.15) is 0 Å². The maximum Gasteiger partial charge on any atom is 0.435 e. The second-order valence-corrected chi connectivity index (χ2v) is 2.76. The van der Waals surface area contributed by atoms with Crippen LogP contribution in [0, 0.1) is 6.20 Å². The van der Waals surface area contributed by atoms with Crippen molar-refractivity contribution in [2.75, 3.05) is 0 Å². The molecule has 1 rings (SSSR count). The third-order valence-corrected chi connectivity index (χ3v) is 1.46. The van der Waals surface area contributed by atoms with E-state index < -0.39 is 11.9 Å². The van der Waals surface area contributed by atoms with E-state index in [1.807, 2.05) is 0 Å². The molecule has 67 valence electrons. The Labute approximate surface area is 67.8 Å². The fourth-order valence-corrected chi connectivity index (χ4v) is 0.897. The van der Waals surface area contributed by atoms with Crippen LogP contribution < -0.4 is 0 Å². The number of aromatic amines is 1. The van der Waals surface area contributed by atoms with E-state index in [1.54, 1.807) is 13.8 Å². The van der Waals surface area contributed by atoms with Crippen molar-refractivity contribution < 1.29 is 13.2 Å². The van der Waals surface area contributed by atoms with Gasteiger partial charge < -0.3 is 0 Å². The molecular weight excluding hydrogens is 169 g/mol. The molecule has 0 aliphatic carbocycles. The Kier molecular flexibility index (Phi) is 2.12. The Morgan fingerprint density at radius 2 is 2.00 bits per heavy atom. The molecule has 0 bridgehead atoms. The van der Waals surface area contributed by atoms with E-state index in [9.17, 15) is 13.2 Å². The first-order valence-corrected chi connectivity index (χ1v) is 3.46. The number of H-pyrrole nitrogens is 1. The van der Waals surface area contributed by atoms with Crippen molar-refractivity contribution in [1.82, 2.24) is 10.2 Å². The monoisotopic (exact) mass is 177 g/mol. The van der Waals surface area contributed by atoms with Gasteiger partial charge in [-0.15, -0.1) is 0 Å². The van der Waals surface area contributed by atoms with Gasteiger partial charge >= 0.3 is 6.18 Å². The van der Waals surface area contributed by atoms with Gasteiger partial charge in [0, 0.05) is 5.56 Å². The van der Waals surface area contributed by atoms with Crippen molar-refractivity contribution in [2.45, 2.75) is 25.9 Å². The van der Waals surface area contributed by atoms with Crippen molar-refractivity contribution in [3.63, 3.8) is 0 Å². The van der Waals surface area contributed by atoms with Gasteiger partial charge in [-0.05, 0) is 5.92 Å². The van der Waals surface area contributed by atoms with Gasteiger partial charge in [-0.2, -0.15) is 18.3 Å². The average molecular weight is 177 g/mol. The molecule has 0 fully saturated rings. The number of alkyl halides is 3. The third kappa shape index (κ3) is 1.60. The lowest BCUT2D eigenvalue weighted by Gasteiger charge is -2.07. The van der Waals surface area contributed by atoms with E-state index in [4.69, 9.17) is 0 Å². The summed E-state index contributed by atoms with van der Waals surface area (Å²) in [6.07, 6.45) is -2.02. The van der Waals surface area contributed by atoms with Gasteiger partial charge in [0.15, 0.2) is 5.69 Å². The number of hydrogen-bond donors (Lipinski definition) is 1. The van der Waals surface area contributed by atoms with Crippen LogP contribution >= 0.6 is 0 Å². The Hall–Kier alpha value is -1.00. The molecule has 0 saturated carbocycles. The lowest BCUT2D eigenvalue weighted by Crippen LogP contribution is -2.09. The predicted molar refractivity (Wildman–Crippen MR) is 36.5 cm³/mol. The Bertz CT molecular complexity index is 262. The van der Waals surface area contributed by atoms with Crippen LogP contribution in [0.15, 0.2) is 0 Å². The maximum atomic E-state index is 12.1. The molecule has 2 nitrogen and oxygen atoms in total. The molecule has 0 spiro atoms. The first-order valence-electron chi connectivity index (χ1n) is 3.46. The molecular formula is C7H8F3N2. The zero-order chi connectivity index (χ0) is 9.35. The lowest BCUT2D eigenvalue weighted by atomic mass is 10.0. The maximum absolute atomic E-state index is 12.1. The van der Waals surface area contributed by atoms with Crippen LogP contribution in [0.4, 0.5) is 13.2 Å². The predicted octanol–water partition coefficient (Wildman–Crippen LogP) is 2.35. The van der Waals surface area contributed by atoms with Crippen molar-refractivity contribution >= 4 is 0 Å². The number of nitrogens with zero attached hydrogens (tertiary/aromatic N) is 1. The van der Waals surface area contributed by atoms with Crippen LogP contribution in [0.5, 0.6) is 0 Å². The minimum Gasteiger partial charge on any atom is -0.275 e. The highest BCUT2D eigenvalue weighted by Crippen LogP contribution is 2.32. The summed E-state index contributed by atoms with van der Waals surface area (Å²) in [6, 6.07) is 0. The Balaban J connectivity index is 3.08. The van der Waals surface area contributed by atoms with Crippen molar-refractivity contribution in [3.05, 3.63) is 17.5 Å². The lowest BCUT2D eigenvalue weighted by molar-refractivity contribution is -0.141. The highest BCUT2D eigenvalue weighted by Gasteiger charge is 2.36. The molecule has 0 unspecified atom stereocenters. The number of nitrogens with one attached hydrogen (secondary N) is 1. The minimum absolute atomic E-state index is 0.0856. The zero-order valence-corrected chi connectivity index (χ0v) is 6.66. The van der Waals surface area contributed by atoms with Crippen LogP contribution in [0.2, 0.25) is 0 Å². The molecule has 1 aromatic rings. The highest BCUT2D eigenvalue weighted by molar-refractivity contribution is 5.21. The Morgan fingerprint density at radius 1 is 1.42 bits per heavy atom. The molecule has 1 radical (unpaired) electrons. The van der Waals surface area contributed by atoms with Crippen molar-refractivity contribution in [3.8, 4) is 0 Å². The second kappa shape index (κ2) is 2.80. The molecule has 0 amide bonds. The van der Waals surface area contributed by atoms with Crippen LogP contribution in [-0.2, 0) is 6.18 Å². The first kappa shape index (κ1) is 9.09. The minimum atomic E-state index is -4.38. The summed E-state index contributed by atoms with van der Waals surface area (Å²) in [6.45, 7) is 3.33. The fraction of sp³-hybridized carbons (Fsp3) is 0.571. The smallest absolute Gasteiger partial charge is 0.275 e. The van der Waals surface area contributed by atoms with Gasteiger partial charge in [0.25, 0.3) is 0 Å². The summed E-state index contributed by atoms with van der Waals surface area (Å²) in [4.78, 5) is 0. The average Bonchev–Trinajstić information content (AvgIpc) is 2.30. The van der Waals surface area contributed by atoms with Crippen molar-refractivity contribution in [1.29, 1.82) is 0 Å². The van der Waals surface area contributed by atoms with Crippen LogP contribution in [0.25, 0.3) is 0 Å². The Morgan fingerprint density at radius 3 is 2.33 bits per heavy atom. The van der Waals surface area contributed by atoms with E-state index in [-0.39, 0.29) is 11.5 Å².